The Kier molecular flexibility index (Phi) is 6.77. The number of anilines is 1. The van der Waals surface area contributed by atoms with Crippen LogP contribution in [0.2, 0.25) is 0 Å². The number of methoxy groups -OCH3 is 1. The molecule has 8 nitrogen and oxygen atoms in total. The lowest BCUT2D eigenvalue weighted by molar-refractivity contribution is -0.119. The molecule has 0 aliphatic carbocycles. The number of benzene rings is 1. The molecule has 0 aromatic heterocycles. The van der Waals surface area contributed by atoms with Crippen molar-refractivity contribution in [2.45, 2.75) is 24.8 Å². The van der Waals surface area contributed by atoms with Crippen molar-refractivity contribution in [2.24, 2.45) is 0 Å². The van der Waals surface area contributed by atoms with Crippen LogP contribution in [0.15, 0.2) is 23.1 Å². The standard InChI is InChI=1S/C16H24N2O6S/c1-12(2)24-15-5-4-13(10-14(15)17-16(19)11-22-3)25(20,21)18-6-8-23-9-7-18/h4-5,10,12H,6-9,11H2,1-3H3,(H,17,19). The largest absolute Gasteiger partial charge is 0.489 e. The zero-order valence-corrected chi connectivity index (χ0v) is 15.5. The molecule has 1 amide bonds. The minimum Gasteiger partial charge on any atom is -0.489 e. The molecule has 0 radical (unpaired) electrons. The van der Waals surface area contributed by atoms with Gasteiger partial charge in [-0.3, -0.25) is 4.79 Å². The van der Waals surface area contributed by atoms with E-state index in [1.54, 1.807) is 6.07 Å². The third-order valence-corrected chi connectivity index (χ3v) is 5.37. The maximum Gasteiger partial charge on any atom is 0.250 e. The molecule has 1 aliphatic heterocycles. The first-order valence-corrected chi connectivity index (χ1v) is 9.46. The molecule has 1 aliphatic rings. The molecule has 0 spiro atoms. The summed E-state index contributed by atoms with van der Waals surface area (Å²) in [6, 6.07) is 4.44. The van der Waals surface area contributed by atoms with Gasteiger partial charge in [-0.25, -0.2) is 8.42 Å². The summed E-state index contributed by atoms with van der Waals surface area (Å²) in [4.78, 5) is 11.9. The van der Waals surface area contributed by atoms with E-state index >= 15 is 0 Å². The Morgan fingerprint density at radius 3 is 2.60 bits per heavy atom. The fourth-order valence-corrected chi connectivity index (χ4v) is 3.81. The maximum absolute atomic E-state index is 12.8. The predicted octanol–water partition coefficient (Wildman–Crippen LogP) is 1.08. The number of hydrogen-bond donors (Lipinski definition) is 1. The second kappa shape index (κ2) is 8.61. The zero-order chi connectivity index (χ0) is 18.4. The summed E-state index contributed by atoms with van der Waals surface area (Å²) < 4.78 is 42.6. The van der Waals surface area contributed by atoms with E-state index in [9.17, 15) is 13.2 Å². The maximum atomic E-state index is 12.8. The van der Waals surface area contributed by atoms with Gasteiger partial charge in [-0.1, -0.05) is 0 Å². The minimum atomic E-state index is -3.66. The van der Waals surface area contributed by atoms with E-state index in [0.717, 1.165) is 0 Å². The first kappa shape index (κ1) is 19.6. The van der Waals surface area contributed by atoms with Gasteiger partial charge in [0.25, 0.3) is 0 Å². The topological polar surface area (TPSA) is 94.2 Å². The van der Waals surface area contributed by atoms with Crippen LogP contribution in [-0.4, -0.2) is 64.8 Å². The molecule has 140 valence electrons. The van der Waals surface area contributed by atoms with Gasteiger partial charge >= 0.3 is 0 Å². The average molecular weight is 372 g/mol. The van der Waals surface area contributed by atoms with E-state index in [2.05, 4.69) is 5.32 Å². The third-order valence-electron chi connectivity index (χ3n) is 3.47. The summed E-state index contributed by atoms with van der Waals surface area (Å²) in [5, 5.41) is 2.64. The molecule has 1 aromatic rings. The Labute approximate surface area is 148 Å². The van der Waals surface area contributed by atoms with Gasteiger partial charge in [0.05, 0.1) is 29.9 Å². The van der Waals surface area contributed by atoms with Crippen molar-refractivity contribution >= 4 is 21.6 Å². The Morgan fingerprint density at radius 1 is 1.32 bits per heavy atom. The number of hydrogen-bond acceptors (Lipinski definition) is 6. The number of carbonyl (C=O) groups is 1. The normalized spacial score (nSPS) is 16.0. The number of carbonyl (C=O) groups excluding carboxylic acids is 1. The van der Waals surface area contributed by atoms with Gasteiger partial charge < -0.3 is 19.5 Å². The number of sulfonamides is 1. The average Bonchev–Trinajstić information content (AvgIpc) is 2.57. The smallest absolute Gasteiger partial charge is 0.250 e. The molecule has 0 atom stereocenters. The summed E-state index contributed by atoms with van der Waals surface area (Å²) in [6.45, 7) is 4.89. The summed E-state index contributed by atoms with van der Waals surface area (Å²) in [5.74, 6) is 0.0115. The highest BCUT2D eigenvalue weighted by Gasteiger charge is 2.27. The van der Waals surface area contributed by atoms with E-state index in [1.807, 2.05) is 13.8 Å². The highest BCUT2D eigenvalue weighted by Crippen LogP contribution is 2.30. The SMILES string of the molecule is COCC(=O)Nc1cc(S(=O)(=O)N2CCOCC2)ccc1OC(C)C. The predicted molar refractivity (Wildman–Crippen MR) is 92.3 cm³/mol. The Balaban J connectivity index is 2.34. The van der Waals surface area contributed by atoms with Gasteiger partial charge in [-0.2, -0.15) is 4.31 Å². The summed E-state index contributed by atoms with van der Waals surface area (Å²) >= 11 is 0. The number of nitrogens with one attached hydrogen (secondary N) is 1. The Morgan fingerprint density at radius 2 is 2.00 bits per heavy atom. The minimum absolute atomic E-state index is 0.0956. The summed E-state index contributed by atoms with van der Waals surface area (Å²) in [6.07, 6.45) is -0.125. The van der Waals surface area contributed by atoms with Gasteiger partial charge in [-0.05, 0) is 32.0 Å². The molecule has 25 heavy (non-hydrogen) atoms. The van der Waals surface area contributed by atoms with Crippen LogP contribution in [0, 0.1) is 0 Å². The number of rotatable bonds is 7. The third kappa shape index (κ3) is 5.15. The lowest BCUT2D eigenvalue weighted by atomic mass is 10.3. The number of ether oxygens (including phenoxy) is 3. The monoisotopic (exact) mass is 372 g/mol. The number of nitrogens with zero attached hydrogens (tertiary/aromatic N) is 1. The van der Waals surface area contributed by atoms with Crippen molar-refractivity contribution in [1.82, 2.24) is 4.31 Å². The van der Waals surface area contributed by atoms with Crippen molar-refractivity contribution in [3.05, 3.63) is 18.2 Å². The van der Waals surface area contributed by atoms with Crippen LogP contribution in [-0.2, 0) is 24.3 Å². The summed E-state index contributed by atoms with van der Waals surface area (Å²) in [7, 11) is -2.26. The van der Waals surface area contributed by atoms with Crippen LogP contribution in [0.5, 0.6) is 5.75 Å². The lowest BCUT2D eigenvalue weighted by Crippen LogP contribution is -2.40. The van der Waals surface area contributed by atoms with Crippen LogP contribution >= 0.6 is 0 Å². The Hall–Kier alpha value is -1.68. The molecule has 1 fully saturated rings. The number of amides is 1. The fraction of sp³-hybridized carbons (Fsp3) is 0.562. The summed E-state index contributed by atoms with van der Waals surface area (Å²) in [5.41, 5.74) is 0.296. The molecular weight excluding hydrogens is 348 g/mol. The van der Waals surface area contributed by atoms with Crippen molar-refractivity contribution in [1.29, 1.82) is 0 Å². The van der Waals surface area contributed by atoms with Gasteiger partial charge in [0, 0.05) is 20.2 Å². The van der Waals surface area contributed by atoms with E-state index in [1.165, 1.54) is 23.5 Å². The van der Waals surface area contributed by atoms with E-state index in [-0.39, 0.29) is 17.6 Å². The molecule has 0 saturated carbocycles. The van der Waals surface area contributed by atoms with E-state index in [4.69, 9.17) is 14.2 Å². The molecule has 0 unspecified atom stereocenters. The van der Waals surface area contributed by atoms with Crippen LogP contribution in [0.25, 0.3) is 0 Å². The quantitative estimate of drug-likeness (QED) is 0.770. The van der Waals surface area contributed by atoms with Gasteiger partial charge in [0.2, 0.25) is 15.9 Å². The highest BCUT2D eigenvalue weighted by molar-refractivity contribution is 7.89. The molecule has 1 aromatic carbocycles. The van der Waals surface area contributed by atoms with Crippen LogP contribution < -0.4 is 10.1 Å². The van der Waals surface area contributed by atoms with Crippen LogP contribution in [0.4, 0.5) is 5.69 Å². The molecular formula is C16H24N2O6S. The molecule has 1 heterocycles. The van der Waals surface area contributed by atoms with Crippen LogP contribution in [0.1, 0.15) is 13.8 Å². The first-order chi connectivity index (χ1) is 11.8. The lowest BCUT2D eigenvalue weighted by Gasteiger charge is -2.26. The molecule has 1 N–H and O–H groups in total. The van der Waals surface area contributed by atoms with Crippen molar-refractivity contribution in [3.63, 3.8) is 0 Å². The second-order valence-electron chi connectivity index (χ2n) is 5.82. The zero-order valence-electron chi connectivity index (χ0n) is 14.6. The van der Waals surface area contributed by atoms with E-state index < -0.39 is 15.9 Å². The Bertz CT molecular complexity index is 699. The first-order valence-electron chi connectivity index (χ1n) is 8.02. The van der Waals surface area contributed by atoms with E-state index in [0.29, 0.717) is 37.7 Å². The molecule has 2 rings (SSSR count). The molecule has 9 heteroatoms. The second-order valence-corrected chi connectivity index (χ2v) is 7.76. The van der Waals surface area contributed by atoms with Gasteiger partial charge in [0.15, 0.2) is 0 Å². The van der Waals surface area contributed by atoms with Crippen molar-refractivity contribution in [2.75, 3.05) is 45.3 Å². The molecule has 0 bridgehead atoms. The molecule has 1 saturated heterocycles. The fourth-order valence-electron chi connectivity index (χ4n) is 2.38. The van der Waals surface area contributed by atoms with Crippen molar-refractivity contribution < 1.29 is 27.4 Å². The van der Waals surface area contributed by atoms with Crippen molar-refractivity contribution in [3.8, 4) is 5.75 Å². The van der Waals surface area contributed by atoms with Gasteiger partial charge in [0.1, 0.15) is 12.4 Å². The highest BCUT2D eigenvalue weighted by atomic mass is 32.2. The van der Waals surface area contributed by atoms with Gasteiger partial charge in [-0.15, -0.1) is 0 Å². The number of morpholine rings is 1. The van der Waals surface area contributed by atoms with Crippen LogP contribution in [0.3, 0.4) is 0 Å².